The van der Waals surface area contributed by atoms with Crippen LogP contribution in [0.1, 0.15) is 24.1 Å². The Labute approximate surface area is 121 Å². The molecule has 0 saturated carbocycles. The average molecular weight is 271 g/mol. The van der Waals surface area contributed by atoms with E-state index in [1.54, 1.807) is 0 Å². The molecular formula is C17H25N3. The van der Waals surface area contributed by atoms with Crippen LogP contribution in [0.2, 0.25) is 0 Å². The van der Waals surface area contributed by atoms with E-state index in [4.69, 9.17) is 5.73 Å². The zero-order valence-corrected chi connectivity index (χ0v) is 12.6. The second-order valence-corrected chi connectivity index (χ2v) is 6.07. The van der Waals surface area contributed by atoms with Crippen molar-refractivity contribution in [1.29, 1.82) is 0 Å². The molecule has 1 aliphatic heterocycles. The molecule has 0 amide bonds. The third-order valence-electron chi connectivity index (χ3n) is 4.84. The lowest BCUT2D eigenvalue weighted by atomic mass is 10.0. The van der Waals surface area contributed by atoms with Crippen LogP contribution < -0.4 is 5.73 Å². The van der Waals surface area contributed by atoms with E-state index in [1.807, 2.05) is 0 Å². The highest BCUT2D eigenvalue weighted by Crippen LogP contribution is 2.25. The van der Waals surface area contributed by atoms with Crippen LogP contribution in [-0.4, -0.2) is 35.1 Å². The maximum Gasteiger partial charge on any atom is 0.0482 e. The fraction of sp³-hybridized carbons (Fsp3) is 0.529. The van der Waals surface area contributed by atoms with Crippen molar-refractivity contribution in [3.63, 3.8) is 0 Å². The molecule has 108 valence electrons. The Morgan fingerprint density at radius 2 is 1.90 bits per heavy atom. The molecule has 1 aliphatic rings. The van der Waals surface area contributed by atoms with Gasteiger partial charge in [-0.05, 0) is 50.9 Å². The maximum atomic E-state index is 5.98. The molecule has 1 saturated heterocycles. The summed E-state index contributed by atoms with van der Waals surface area (Å²) in [5, 5.41) is 1.42. The molecule has 1 aromatic heterocycles. The van der Waals surface area contributed by atoms with Gasteiger partial charge in [0.25, 0.3) is 0 Å². The number of hydrogen-bond donors (Lipinski definition) is 1. The SMILES string of the molecule is Cc1c(CCN2CCC(N)CC2)c2ccccc2n1C. The predicted molar refractivity (Wildman–Crippen MR) is 85.0 cm³/mol. The lowest BCUT2D eigenvalue weighted by Gasteiger charge is -2.30. The van der Waals surface area contributed by atoms with Gasteiger partial charge in [0.05, 0.1) is 0 Å². The lowest BCUT2D eigenvalue weighted by Crippen LogP contribution is -2.40. The van der Waals surface area contributed by atoms with E-state index in [0.29, 0.717) is 6.04 Å². The topological polar surface area (TPSA) is 34.2 Å². The van der Waals surface area contributed by atoms with Crippen molar-refractivity contribution in [2.45, 2.75) is 32.2 Å². The third-order valence-corrected chi connectivity index (χ3v) is 4.84. The summed E-state index contributed by atoms with van der Waals surface area (Å²) in [6.07, 6.45) is 3.44. The standard InChI is InChI=1S/C17H25N3/c1-13-15(9-12-20-10-7-14(18)8-11-20)16-5-3-4-6-17(16)19(13)2/h3-6,14H,7-12,18H2,1-2H3. The Hall–Kier alpha value is -1.32. The molecule has 0 unspecified atom stereocenters. The van der Waals surface area contributed by atoms with Crippen LogP contribution in [0.5, 0.6) is 0 Å². The number of piperidine rings is 1. The quantitative estimate of drug-likeness (QED) is 0.930. The summed E-state index contributed by atoms with van der Waals surface area (Å²) in [6.45, 7) is 5.71. The molecular weight excluding hydrogens is 246 g/mol. The Morgan fingerprint density at radius 1 is 1.20 bits per heavy atom. The summed E-state index contributed by atoms with van der Waals surface area (Å²) < 4.78 is 2.32. The molecule has 2 heterocycles. The number of likely N-dealkylation sites (tertiary alicyclic amines) is 1. The van der Waals surface area contributed by atoms with Gasteiger partial charge in [0.2, 0.25) is 0 Å². The second-order valence-electron chi connectivity index (χ2n) is 6.07. The molecule has 20 heavy (non-hydrogen) atoms. The van der Waals surface area contributed by atoms with Crippen LogP contribution in [0, 0.1) is 6.92 Å². The van der Waals surface area contributed by atoms with E-state index >= 15 is 0 Å². The summed E-state index contributed by atoms with van der Waals surface area (Å²) in [5.74, 6) is 0. The molecule has 0 spiro atoms. The van der Waals surface area contributed by atoms with Crippen LogP contribution in [0.15, 0.2) is 24.3 Å². The minimum absolute atomic E-state index is 0.422. The fourth-order valence-corrected chi connectivity index (χ4v) is 3.36. The number of nitrogens with zero attached hydrogens (tertiary/aromatic N) is 2. The molecule has 1 aromatic carbocycles. The van der Waals surface area contributed by atoms with Crippen molar-refractivity contribution in [2.75, 3.05) is 19.6 Å². The zero-order chi connectivity index (χ0) is 14.1. The predicted octanol–water partition coefficient (Wildman–Crippen LogP) is 2.45. The molecule has 2 aromatic rings. The van der Waals surface area contributed by atoms with Gasteiger partial charge < -0.3 is 15.2 Å². The number of aryl methyl sites for hydroxylation is 1. The van der Waals surface area contributed by atoms with Crippen LogP contribution in [-0.2, 0) is 13.5 Å². The first-order chi connectivity index (χ1) is 9.66. The Kier molecular flexibility index (Phi) is 3.81. The van der Waals surface area contributed by atoms with E-state index < -0.39 is 0 Å². The average Bonchev–Trinajstić information content (AvgIpc) is 2.71. The Morgan fingerprint density at radius 3 is 2.65 bits per heavy atom. The summed E-state index contributed by atoms with van der Waals surface area (Å²) in [5.41, 5.74) is 10.2. The molecule has 3 heteroatoms. The number of nitrogens with two attached hydrogens (primary N) is 1. The van der Waals surface area contributed by atoms with Crippen molar-refractivity contribution in [3.05, 3.63) is 35.5 Å². The highest BCUT2D eigenvalue weighted by atomic mass is 15.1. The summed E-state index contributed by atoms with van der Waals surface area (Å²) in [6, 6.07) is 9.16. The van der Waals surface area contributed by atoms with Crippen molar-refractivity contribution < 1.29 is 0 Å². The molecule has 0 atom stereocenters. The number of rotatable bonds is 3. The van der Waals surface area contributed by atoms with Gasteiger partial charge >= 0.3 is 0 Å². The largest absolute Gasteiger partial charge is 0.348 e. The fourth-order valence-electron chi connectivity index (χ4n) is 3.36. The van der Waals surface area contributed by atoms with Gasteiger partial charge in [-0.1, -0.05) is 18.2 Å². The third kappa shape index (κ3) is 2.48. The van der Waals surface area contributed by atoms with E-state index in [0.717, 1.165) is 38.9 Å². The van der Waals surface area contributed by atoms with Gasteiger partial charge in [-0.2, -0.15) is 0 Å². The van der Waals surface area contributed by atoms with Crippen molar-refractivity contribution >= 4 is 10.9 Å². The van der Waals surface area contributed by atoms with Gasteiger partial charge in [0, 0.05) is 36.2 Å². The number of fused-ring (bicyclic) bond motifs is 1. The van der Waals surface area contributed by atoms with Gasteiger partial charge in [0.15, 0.2) is 0 Å². The summed E-state index contributed by atoms with van der Waals surface area (Å²) >= 11 is 0. The van der Waals surface area contributed by atoms with E-state index in [1.165, 1.54) is 22.2 Å². The Balaban J connectivity index is 1.76. The highest BCUT2D eigenvalue weighted by Gasteiger charge is 2.17. The van der Waals surface area contributed by atoms with Crippen molar-refractivity contribution in [3.8, 4) is 0 Å². The van der Waals surface area contributed by atoms with Gasteiger partial charge in [0.1, 0.15) is 0 Å². The smallest absolute Gasteiger partial charge is 0.0482 e. The van der Waals surface area contributed by atoms with Crippen molar-refractivity contribution in [1.82, 2.24) is 9.47 Å². The highest BCUT2D eigenvalue weighted by molar-refractivity contribution is 5.85. The van der Waals surface area contributed by atoms with Crippen LogP contribution in [0.4, 0.5) is 0 Å². The van der Waals surface area contributed by atoms with Gasteiger partial charge in [-0.3, -0.25) is 0 Å². The second kappa shape index (κ2) is 5.58. The molecule has 3 nitrogen and oxygen atoms in total. The monoisotopic (exact) mass is 271 g/mol. The number of aromatic nitrogens is 1. The maximum absolute atomic E-state index is 5.98. The minimum atomic E-state index is 0.422. The summed E-state index contributed by atoms with van der Waals surface area (Å²) in [7, 11) is 2.17. The lowest BCUT2D eigenvalue weighted by molar-refractivity contribution is 0.215. The number of para-hydroxylation sites is 1. The molecule has 0 bridgehead atoms. The zero-order valence-electron chi connectivity index (χ0n) is 12.6. The van der Waals surface area contributed by atoms with Crippen LogP contribution >= 0.6 is 0 Å². The molecule has 0 radical (unpaired) electrons. The normalized spacial score (nSPS) is 17.9. The van der Waals surface area contributed by atoms with E-state index in [-0.39, 0.29) is 0 Å². The first kappa shape index (κ1) is 13.7. The molecule has 2 N–H and O–H groups in total. The summed E-state index contributed by atoms with van der Waals surface area (Å²) in [4.78, 5) is 2.56. The van der Waals surface area contributed by atoms with E-state index in [9.17, 15) is 0 Å². The Bertz CT molecular complexity index is 592. The molecule has 0 aliphatic carbocycles. The first-order valence-electron chi connectivity index (χ1n) is 7.67. The van der Waals surface area contributed by atoms with Gasteiger partial charge in [-0.15, -0.1) is 0 Å². The van der Waals surface area contributed by atoms with Crippen LogP contribution in [0.25, 0.3) is 10.9 Å². The number of benzene rings is 1. The number of hydrogen-bond acceptors (Lipinski definition) is 2. The van der Waals surface area contributed by atoms with E-state index in [2.05, 4.69) is 47.7 Å². The minimum Gasteiger partial charge on any atom is -0.348 e. The van der Waals surface area contributed by atoms with Crippen molar-refractivity contribution in [2.24, 2.45) is 12.8 Å². The van der Waals surface area contributed by atoms with Crippen LogP contribution in [0.3, 0.4) is 0 Å². The first-order valence-corrected chi connectivity index (χ1v) is 7.67. The van der Waals surface area contributed by atoms with Gasteiger partial charge in [-0.25, -0.2) is 0 Å². The molecule has 3 rings (SSSR count). The molecule has 1 fully saturated rings.